The van der Waals surface area contributed by atoms with Gasteiger partial charge in [-0.2, -0.15) is 0 Å². The van der Waals surface area contributed by atoms with Gasteiger partial charge in [-0.25, -0.2) is 0 Å². The van der Waals surface area contributed by atoms with E-state index in [0.717, 1.165) is 0 Å². The van der Waals surface area contributed by atoms with Gasteiger partial charge in [0.25, 0.3) is 5.91 Å². The Morgan fingerprint density at radius 2 is 2.25 bits per heavy atom. The SMILES string of the molecule is C=CC1=N[C@@](C)(C(C)C)C(=O)N1. The molecule has 0 aromatic rings. The highest BCUT2D eigenvalue weighted by molar-refractivity contribution is 6.12. The van der Waals surface area contributed by atoms with E-state index >= 15 is 0 Å². The molecular weight excluding hydrogens is 152 g/mol. The molecule has 1 aliphatic heterocycles. The van der Waals surface area contributed by atoms with Crippen molar-refractivity contribution < 1.29 is 4.79 Å². The predicted molar refractivity (Wildman–Crippen MR) is 49.0 cm³/mol. The van der Waals surface area contributed by atoms with Crippen molar-refractivity contribution in [2.75, 3.05) is 0 Å². The van der Waals surface area contributed by atoms with Crippen molar-refractivity contribution in [1.82, 2.24) is 5.32 Å². The summed E-state index contributed by atoms with van der Waals surface area (Å²) < 4.78 is 0. The number of carbonyl (C=O) groups is 1. The highest BCUT2D eigenvalue weighted by Crippen LogP contribution is 2.25. The molecule has 0 aromatic heterocycles. The van der Waals surface area contributed by atoms with Crippen LogP contribution < -0.4 is 5.32 Å². The number of nitrogens with zero attached hydrogens (tertiary/aromatic N) is 1. The molecule has 12 heavy (non-hydrogen) atoms. The van der Waals surface area contributed by atoms with Crippen LogP contribution in [0.1, 0.15) is 20.8 Å². The van der Waals surface area contributed by atoms with Crippen molar-refractivity contribution in [3.63, 3.8) is 0 Å². The van der Waals surface area contributed by atoms with E-state index in [4.69, 9.17) is 0 Å². The Balaban J connectivity index is 2.99. The van der Waals surface area contributed by atoms with Gasteiger partial charge in [0.05, 0.1) is 0 Å². The van der Waals surface area contributed by atoms with Crippen LogP contribution in [0.15, 0.2) is 17.6 Å². The lowest BCUT2D eigenvalue weighted by Gasteiger charge is -2.21. The Morgan fingerprint density at radius 1 is 1.67 bits per heavy atom. The minimum Gasteiger partial charge on any atom is -0.309 e. The van der Waals surface area contributed by atoms with E-state index in [1.165, 1.54) is 0 Å². The smallest absolute Gasteiger partial charge is 0.253 e. The summed E-state index contributed by atoms with van der Waals surface area (Å²) in [5, 5.41) is 2.67. The second-order valence-electron chi connectivity index (χ2n) is 3.46. The second-order valence-corrected chi connectivity index (χ2v) is 3.46. The van der Waals surface area contributed by atoms with Crippen LogP contribution >= 0.6 is 0 Å². The third-order valence-corrected chi connectivity index (χ3v) is 2.37. The molecule has 0 spiro atoms. The first-order valence-corrected chi connectivity index (χ1v) is 4.04. The summed E-state index contributed by atoms with van der Waals surface area (Å²) in [5.41, 5.74) is -0.608. The predicted octanol–water partition coefficient (Wildman–Crippen LogP) is 1.12. The number of amides is 1. The summed E-state index contributed by atoms with van der Waals surface area (Å²) in [6.45, 7) is 9.36. The maximum Gasteiger partial charge on any atom is 0.253 e. The van der Waals surface area contributed by atoms with Gasteiger partial charge in [0.1, 0.15) is 11.4 Å². The topological polar surface area (TPSA) is 41.5 Å². The summed E-state index contributed by atoms with van der Waals surface area (Å²) >= 11 is 0. The Labute approximate surface area is 72.6 Å². The van der Waals surface area contributed by atoms with Gasteiger partial charge in [0.2, 0.25) is 0 Å². The summed E-state index contributed by atoms with van der Waals surface area (Å²) in [7, 11) is 0. The summed E-state index contributed by atoms with van der Waals surface area (Å²) in [6, 6.07) is 0. The average molecular weight is 166 g/mol. The molecule has 0 saturated carbocycles. The van der Waals surface area contributed by atoms with E-state index in [0.29, 0.717) is 5.84 Å². The van der Waals surface area contributed by atoms with Crippen LogP contribution in [0.25, 0.3) is 0 Å². The molecule has 0 radical (unpaired) electrons. The van der Waals surface area contributed by atoms with Crippen LogP contribution in [0.2, 0.25) is 0 Å². The van der Waals surface area contributed by atoms with E-state index in [1.54, 1.807) is 6.08 Å². The highest BCUT2D eigenvalue weighted by Gasteiger charge is 2.40. The summed E-state index contributed by atoms with van der Waals surface area (Å²) in [6.07, 6.45) is 1.56. The van der Waals surface area contributed by atoms with Crippen LogP contribution in [0.4, 0.5) is 0 Å². The molecule has 1 aliphatic rings. The number of hydrogen-bond acceptors (Lipinski definition) is 2. The first-order valence-electron chi connectivity index (χ1n) is 4.04. The van der Waals surface area contributed by atoms with Crippen molar-refractivity contribution in [1.29, 1.82) is 0 Å². The molecule has 0 aromatic carbocycles. The lowest BCUT2D eigenvalue weighted by Crippen LogP contribution is -2.40. The van der Waals surface area contributed by atoms with Crippen molar-refractivity contribution in [3.05, 3.63) is 12.7 Å². The maximum absolute atomic E-state index is 11.4. The molecule has 0 aliphatic carbocycles. The molecule has 1 N–H and O–H groups in total. The Kier molecular flexibility index (Phi) is 2.04. The van der Waals surface area contributed by atoms with E-state index < -0.39 is 5.54 Å². The number of carbonyl (C=O) groups excluding carboxylic acids is 1. The van der Waals surface area contributed by atoms with Crippen molar-refractivity contribution >= 4 is 11.7 Å². The lowest BCUT2D eigenvalue weighted by atomic mass is 9.89. The molecule has 0 unspecified atom stereocenters. The zero-order valence-corrected chi connectivity index (χ0v) is 7.72. The van der Waals surface area contributed by atoms with Gasteiger partial charge in [-0.3, -0.25) is 9.79 Å². The second kappa shape index (κ2) is 2.73. The normalized spacial score (nSPS) is 28.7. The molecule has 0 bridgehead atoms. The van der Waals surface area contributed by atoms with E-state index in [2.05, 4.69) is 16.9 Å². The fraction of sp³-hybridized carbons (Fsp3) is 0.556. The molecule has 1 heterocycles. The summed E-state index contributed by atoms with van der Waals surface area (Å²) in [5.74, 6) is 0.749. The molecular formula is C9H14N2O. The van der Waals surface area contributed by atoms with Gasteiger partial charge < -0.3 is 5.32 Å². The molecule has 66 valence electrons. The molecule has 0 saturated heterocycles. The molecule has 1 amide bonds. The molecule has 0 fully saturated rings. The molecule has 1 atom stereocenters. The number of hydrogen-bond donors (Lipinski definition) is 1. The minimum atomic E-state index is -0.608. The molecule has 3 nitrogen and oxygen atoms in total. The largest absolute Gasteiger partial charge is 0.309 e. The number of aliphatic imine (C=N–C) groups is 1. The van der Waals surface area contributed by atoms with Crippen LogP contribution in [-0.4, -0.2) is 17.3 Å². The standard InChI is InChI=1S/C9H14N2O/c1-5-7-10-8(12)9(4,11-7)6(2)3/h5-6H,1H2,2-4H3,(H,10,11,12)/t9-/m0/s1. The monoisotopic (exact) mass is 166 g/mol. The van der Waals surface area contributed by atoms with Crippen molar-refractivity contribution in [2.24, 2.45) is 10.9 Å². The first kappa shape index (κ1) is 8.97. The van der Waals surface area contributed by atoms with E-state index in [-0.39, 0.29) is 11.8 Å². The number of nitrogens with one attached hydrogen (secondary N) is 1. The fourth-order valence-corrected chi connectivity index (χ4v) is 1.06. The van der Waals surface area contributed by atoms with Gasteiger partial charge >= 0.3 is 0 Å². The highest BCUT2D eigenvalue weighted by atomic mass is 16.2. The van der Waals surface area contributed by atoms with Crippen LogP contribution in [0.5, 0.6) is 0 Å². The van der Waals surface area contributed by atoms with Gasteiger partial charge in [-0.05, 0) is 18.9 Å². The lowest BCUT2D eigenvalue weighted by molar-refractivity contribution is -0.124. The van der Waals surface area contributed by atoms with Crippen molar-refractivity contribution in [3.8, 4) is 0 Å². The molecule has 3 heteroatoms. The Morgan fingerprint density at radius 3 is 2.50 bits per heavy atom. The van der Waals surface area contributed by atoms with Gasteiger partial charge in [0.15, 0.2) is 0 Å². The fourth-order valence-electron chi connectivity index (χ4n) is 1.06. The van der Waals surface area contributed by atoms with E-state index in [1.807, 2.05) is 20.8 Å². The third kappa shape index (κ3) is 1.15. The Hall–Kier alpha value is -1.12. The third-order valence-electron chi connectivity index (χ3n) is 2.37. The summed E-state index contributed by atoms with van der Waals surface area (Å²) in [4.78, 5) is 15.7. The Bertz CT molecular complexity index is 255. The maximum atomic E-state index is 11.4. The first-order chi connectivity index (χ1) is 5.50. The number of amidine groups is 1. The van der Waals surface area contributed by atoms with Gasteiger partial charge in [-0.15, -0.1) is 0 Å². The zero-order valence-electron chi connectivity index (χ0n) is 7.72. The van der Waals surface area contributed by atoms with Gasteiger partial charge in [-0.1, -0.05) is 20.4 Å². The van der Waals surface area contributed by atoms with Gasteiger partial charge in [0, 0.05) is 0 Å². The average Bonchev–Trinajstić information content (AvgIpc) is 2.29. The zero-order chi connectivity index (χ0) is 9.35. The minimum absolute atomic E-state index is 0.0348. The van der Waals surface area contributed by atoms with Crippen LogP contribution in [0.3, 0.4) is 0 Å². The van der Waals surface area contributed by atoms with E-state index in [9.17, 15) is 4.79 Å². The van der Waals surface area contributed by atoms with Crippen LogP contribution in [-0.2, 0) is 4.79 Å². The molecule has 1 rings (SSSR count). The number of rotatable bonds is 2. The van der Waals surface area contributed by atoms with Crippen LogP contribution in [0, 0.1) is 5.92 Å². The van der Waals surface area contributed by atoms with Crippen molar-refractivity contribution in [2.45, 2.75) is 26.3 Å². The quantitative estimate of drug-likeness (QED) is 0.656.